The van der Waals surface area contributed by atoms with Gasteiger partial charge in [-0.2, -0.15) is 5.10 Å². The van der Waals surface area contributed by atoms with E-state index in [1.54, 1.807) is 18.3 Å². The van der Waals surface area contributed by atoms with Crippen LogP contribution in [0.3, 0.4) is 0 Å². The number of aryl methyl sites for hydroxylation is 3. The molecule has 2 amide bonds. The Hall–Kier alpha value is -2.66. The molecular weight excluding hydrogens is 412 g/mol. The van der Waals surface area contributed by atoms with Crippen LogP contribution in [0.5, 0.6) is 0 Å². The van der Waals surface area contributed by atoms with E-state index >= 15 is 0 Å². The van der Waals surface area contributed by atoms with Crippen LogP contribution in [0, 0.1) is 6.92 Å². The van der Waals surface area contributed by atoms with Crippen molar-refractivity contribution in [3.05, 3.63) is 38.0 Å². The molecule has 0 unspecified atom stereocenters. The van der Waals surface area contributed by atoms with Gasteiger partial charge >= 0.3 is 0 Å². The molecule has 0 atom stereocenters. The van der Waals surface area contributed by atoms with Crippen LogP contribution in [0.25, 0.3) is 10.2 Å². The summed E-state index contributed by atoms with van der Waals surface area (Å²) >= 11 is 2.92. The smallest absolute Gasteiger partial charge is 0.271 e. The summed E-state index contributed by atoms with van der Waals surface area (Å²) in [6.45, 7) is 1.69. The lowest BCUT2D eigenvalue weighted by molar-refractivity contribution is -0.113. The number of amides is 2. The highest BCUT2D eigenvalue weighted by Gasteiger charge is 2.20. The molecule has 152 valence electrons. The Kier molecular flexibility index (Phi) is 5.41. The minimum atomic E-state index is -0.717. The number of carbonyl (C=O) groups excluding carboxylic acids is 2. The van der Waals surface area contributed by atoms with Crippen molar-refractivity contribution < 1.29 is 9.59 Å². The highest BCUT2D eigenvalue weighted by atomic mass is 32.2. The van der Waals surface area contributed by atoms with Crippen LogP contribution in [0.2, 0.25) is 0 Å². The standard InChI is InChI=1S/C18H20N6O3S2/c1-8-14(15(16(19)26)24-23-8)22-12(25)7-28-6-11-20-17(27)13-9-4-2-3-5-10(9)29-18(13)21-11/h2-7H2,1H3,(H2,19,26)(H,22,25)(H,23,24)(H,20,21,27). The molecule has 0 fully saturated rings. The fourth-order valence-electron chi connectivity index (χ4n) is 3.45. The lowest BCUT2D eigenvalue weighted by Gasteiger charge is -2.09. The Labute approximate surface area is 173 Å². The number of nitrogens with zero attached hydrogens (tertiary/aromatic N) is 2. The average Bonchev–Trinajstić information content (AvgIpc) is 3.22. The summed E-state index contributed by atoms with van der Waals surface area (Å²) in [6.07, 6.45) is 4.22. The molecule has 3 aromatic rings. The van der Waals surface area contributed by atoms with Crippen molar-refractivity contribution in [2.75, 3.05) is 11.1 Å². The summed E-state index contributed by atoms with van der Waals surface area (Å²) in [5, 5.41) is 9.80. The van der Waals surface area contributed by atoms with Crippen LogP contribution in [0.4, 0.5) is 5.69 Å². The number of aromatic amines is 2. The average molecular weight is 433 g/mol. The highest BCUT2D eigenvalue weighted by molar-refractivity contribution is 7.99. The van der Waals surface area contributed by atoms with Gasteiger partial charge < -0.3 is 16.0 Å². The molecule has 1 aliphatic rings. The molecule has 0 aliphatic heterocycles. The summed E-state index contributed by atoms with van der Waals surface area (Å²) in [7, 11) is 0. The number of nitrogens with one attached hydrogen (secondary N) is 3. The number of carbonyl (C=O) groups is 2. The van der Waals surface area contributed by atoms with Crippen LogP contribution < -0.4 is 16.6 Å². The molecule has 0 saturated heterocycles. The van der Waals surface area contributed by atoms with E-state index in [1.165, 1.54) is 16.6 Å². The van der Waals surface area contributed by atoms with Crippen molar-refractivity contribution in [1.82, 2.24) is 20.2 Å². The number of aromatic nitrogens is 4. The number of nitrogens with two attached hydrogens (primary N) is 1. The monoisotopic (exact) mass is 432 g/mol. The Balaban J connectivity index is 1.41. The third-order valence-electron chi connectivity index (χ3n) is 4.79. The molecular formula is C18H20N6O3S2. The largest absolute Gasteiger partial charge is 0.364 e. The number of thioether (sulfide) groups is 1. The molecule has 3 heterocycles. The van der Waals surface area contributed by atoms with Gasteiger partial charge in [-0.25, -0.2) is 4.98 Å². The van der Waals surface area contributed by atoms with E-state index in [1.807, 2.05) is 0 Å². The van der Waals surface area contributed by atoms with E-state index in [2.05, 4.69) is 25.5 Å². The van der Waals surface area contributed by atoms with E-state index in [4.69, 9.17) is 5.73 Å². The van der Waals surface area contributed by atoms with Gasteiger partial charge in [0.2, 0.25) is 5.91 Å². The van der Waals surface area contributed by atoms with Crippen molar-refractivity contribution in [1.29, 1.82) is 0 Å². The lowest BCUT2D eigenvalue weighted by Crippen LogP contribution is -2.19. The molecule has 0 saturated carbocycles. The van der Waals surface area contributed by atoms with E-state index in [0.717, 1.165) is 41.5 Å². The van der Waals surface area contributed by atoms with Crippen LogP contribution in [0.1, 0.15) is 45.3 Å². The number of rotatable bonds is 6. The zero-order valence-corrected chi connectivity index (χ0v) is 17.4. The topological polar surface area (TPSA) is 147 Å². The third-order valence-corrected chi connectivity index (χ3v) is 6.92. The molecule has 1 aliphatic carbocycles. The van der Waals surface area contributed by atoms with Crippen LogP contribution in [0.15, 0.2) is 4.79 Å². The fourth-order valence-corrected chi connectivity index (χ4v) is 5.42. The molecule has 11 heteroatoms. The van der Waals surface area contributed by atoms with E-state index in [0.29, 0.717) is 23.0 Å². The van der Waals surface area contributed by atoms with E-state index in [-0.39, 0.29) is 22.9 Å². The van der Waals surface area contributed by atoms with Crippen LogP contribution >= 0.6 is 23.1 Å². The predicted molar refractivity (Wildman–Crippen MR) is 114 cm³/mol. The van der Waals surface area contributed by atoms with Crippen LogP contribution in [-0.2, 0) is 23.4 Å². The number of primary amides is 1. The molecule has 0 radical (unpaired) electrons. The maximum Gasteiger partial charge on any atom is 0.271 e. The first-order valence-electron chi connectivity index (χ1n) is 9.20. The number of H-pyrrole nitrogens is 2. The van der Waals surface area contributed by atoms with Gasteiger partial charge in [0, 0.05) is 4.88 Å². The summed E-state index contributed by atoms with van der Waals surface area (Å²) in [5.41, 5.74) is 7.15. The third kappa shape index (κ3) is 3.92. The summed E-state index contributed by atoms with van der Waals surface area (Å²) in [6, 6.07) is 0. The number of fused-ring (bicyclic) bond motifs is 3. The van der Waals surface area contributed by atoms with Gasteiger partial charge in [-0.1, -0.05) is 0 Å². The lowest BCUT2D eigenvalue weighted by atomic mass is 9.97. The molecule has 29 heavy (non-hydrogen) atoms. The number of hydrogen-bond donors (Lipinski definition) is 4. The quantitative estimate of drug-likeness (QED) is 0.467. The van der Waals surface area contributed by atoms with Gasteiger partial charge in [-0.3, -0.25) is 19.5 Å². The molecule has 0 aromatic carbocycles. The van der Waals surface area contributed by atoms with Crippen molar-refractivity contribution in [3.8, 4) is 0 Å². The Bertz CT molecular complexity index is 1160. The Morgan fingerprint density at radius 2 is 2.10 bits per heavy atom. The van der Waals surface area contributed by atoms with Gasteiger partial charge in [0.05, 0.1) is 28.3 Å². The van der Waals surface area contributed by atoms with Crippen LogP contribution in [-0.4, -0.2) is 37.7 Å². The summed E-state index contributed by atoms with van der Waals surface area (Å²) in [4.78, 5) is 45.6. The second kappa shape index (κ2) is 7.99. The van der Waals surface area contributed by atoms with Gasteiger partial charge in [-0.15, -0.1) is 23.1 Å². The van der Waals surface area contributed by atoms with Crippen molar-refractivity contribution in [3.63, 3.8) is 0 Å². The van der Waals surface area contributed by atoms with Gasteiger partial charge in [-0.05, 0) is 38.2 Å². The number of anilines is 1. The summed E-state index contributed by atoms with van der Waals surface area (Å²) in [5.74, 6) is 0.0685. The Morgan fingerprint density at radius 3 is 2.90 bits per heavy atom. The minimum Gasteiger partial charge on any atom is -0.364 e. The number of hydrogen-bond acceptors (Lipinski definition) is 7. The fraction of sp³-hybridized carbons (Fsp3) is 0.389. The second-order valence-corrected chi connectivity index (χ2v) is 8.95. The first-order valence-corrected chi connectivity index (χ1v) is 11.2. The SMILES string of the molecule is Cc1[nH]nc(C(N)=O)c1NC(=O)CSCc1nc2sc3c(c2c(=O)[nH]1)CCCC3. The van der Waals surface area contributed by atoms with Gasteiger partial charge in [0.1, 0.15) is 10.7 Å². The molecule has 3 aromatic heterocycles. The van der Waals surface area contributed by atoms with Gasteiger partial charge in [0.25, 0.3) is 11.5 Å². The maximum absolute atomic E-state index is 12.5. The first kappa shape index (κ1) is 19.6. The Morgan fingerprint density at radius 1 is 1.31 bits per heavy atom. The minimum absolute atomic E-state index is 0.000962. The molecule has 0 bridgehead atoms. The molecule has 0 spiro atoms. The first-order chi connectivity index (χ1) is 13.9. The maximum atomic E-state index is 12.5. The molecule has 9 nitrogen and oxygen atoms in total. The molecule has 4 rings (SSSR count). The zero-order valence-electron chi connectivity index (χ0n) is 15.8. The second-order valence-electron chi connectivity index (χ2n) is 6.88. The highest BCUT2D eigenvalue weighted by Crippen LogP contribution is 2.33. The van der Waals surface area contributed by atoms with Crippen molar-refractivity contribution in [2.45, 2.75) is 38.4 Å². The van der Waals surface area contributed by atoms with Gasteiger partial charge in [0.15, 0.2) is 5.69 Å². The normalized spacial score (nSPS) is 13.4. The zero-order chi connectivity index (χ0) is 20.5. The van der Waals surface area contributed by atoms with Crippen molar-refractivity contribution >= 4 is 50.8 Å². The number of thiophene rings is 1. The van der Waals surface area contributed by atoms with Crippen molar-refractivity contribution in [2.24, 2.45) is 5.73 Å². The molecule has 5 N–H and O–H groups in total. The summed E-state index contributed by atoms with van der Waals surface area (Å²) < 4.78 is 0. The van der Waals surface area contributed by atoms with E-state index in [9.17, 15) is 14.4 Å². The van der Waals surface area contributed by atoms with E-state index < -0.39 is 5.91 Å². The predicted octanol–water partition coefficient (Wildman–Crippen LogP) is 1.87.